The number of ether oxygens (including phenoxy) is 1. The number of rotatable bonds is 5. The minimum atomic E-state index is -0.472. The number of hydrogen-bond acceptors (Lipinski definition) is 4. The summed E-state index contributed by atoms with van der Waals surface area (Å²) in [5.41, 5.74) is 2.81. The Hall–Kier alpha value is -2.92. The third-order valence-corrected chi connectivity index (χ3v) is 5.33. The highest BCUT2D eigenvalue weighted by Crippen LogP contribution is 2.38. The molecule has 2 aromatic carbocycles. The maximum Gasteiger partial charge on any atom is 0.290 e. The smallest absolute Gasteiger partial charge is 0.290 e. The van der Waals surface area contributed by atoms with Gasteiger partial charge in [-0.25, -0.2) is 0 Å². The first kappa shape index (κ1) is 18.4. The molecule has 1 amide bonds. The highest BCUT2D eigenvalue weighted by atomic mass is 16.5. The zero-order chi connectivity index (χ0) is 19.8. The van der Waals surface area contributed by atoms with Crippen molar-refractivity contribution >= 4 is 16.9 Å². The Morgan fingerprint density at radius 3 is 2.46 bits per heavy atom. The number of fused-ring (bicyclic) bond motifs is 2. The van der Waals surface area contributed by atoms with Gasteiger partial charge in [0.2, 0.25) is 5.76 Å². The molecule has 1 aliphatic heterocycles. The molecule has 144 valence electrons. The fourth-order valence-corrected chi connectivity index (χ4v) is 3.80. The number of benzene rings is 2. The van der Waals surface area contributed by atoms with E-state index in [-0.39, 0.29) is 17.1 Å². The number of para-hydroxylation sites is 1. The van der Waals surface area contributed by atoms with Crippen LogP contribution >= 0.6 is 0 Å². The molecule has 5 nitrogen and oxygen atoms in total. The van der Waals surface area contributed by atoms with Gasteiger partial charge in [0.15, 0.2) is 5.43 Å². The summed E-state index contributed by atoms with van der Waals surface area (Å²) in [4.78, 5) is 28.0. The van der Waals surface area contributed by atoms with Crippen molar-refractivity contribution in [2.45, 2.75) is 25.8 Å². The van der Waals surface area contributed by atoms with Crippen LogP contribution in [0.1, 0.15) is 53.1 Å². The van der Waals surface area contributed by atoms with E-state index in [1.54, 1.807) is 36.3 Å². The van der Waals surface area contributed by atoms with Gasteiger partial charge in [0.1, 0.15) is 5.58 Å². The summed E-state index contributed by atoms with van der Waals surface area (Å²) in [7, 11) is 1.60. The van der Waals surface area contributed by atoms with Crippen molar-refractivity contribution in [3.63, 3.8) is 0 Å². The van der Waals surface area contributed by atoms with E-state index in [1.165, 1.54) is 5.56 Å². The minimum absolute atomic E-state index is 0.137. The summed E-state index contributed by atoms with van der Waals surface area (Å²) in [6, 6.07) is 14.7. The molecule has 1 atom stereocenters. The molecule has 0 unspecified atom stereocenters. The van der Waals surface area contributed by atoms with E-state index < -0.39 is 6.04 Å². The molecule has 0 spiro atoms. The molecule has 0 bridgehead atoms. The molecule has 0 aliphatic carbocycles. The van der Waals surface area contributed by atoms with Crippen molar-refractivity contribution in [1.82, 2.24) is 4.90 Å². The van der Waals surface area contributed by atoms with Crippen LogP contribution in [0.4, 0.5) is 0 Å². The topological polar surface area (TPSA) is 59.8 Å². The second kappa shape index (κ2) is 7.24. The first-order valence-corrected chi connectivity index (χ1v) is 9.48. The number of nitrogens with zero attached hydrogens (tertiary/aromatic N) is 1. The second-order valence-corrected chi connectivity index (χ2v) is 7.39. The summed E-state index contributed by atoms with van der Waals surface area (Å²) in [5.74, 6) is 0.274. The molecular formula is C23H23NO4. The molecule has 0 fully saturated rings. The summed E-state index contributed by atoms with van der Waals surface area (Å²) < 4.78 is 11.1. The number of carbonyl (C=O) groups is 1. The SMILES string of the molecule is COCCN1C(=O)c2oc3ccccc3c(=O)c2[C@@H]1c1ccc(C(C)C)cc1. The second-order valence-electron chi connectivity index (χ2n) is 7.39. The molecule has 2 heterocycles. The van der Waals surface area contributed by atoms with Crippen LogP contribution < -0.4 is 5.43 Å². The maximum atomic E-state index is 13.3. The predicted molar refractivity (Wildman–Crippen MR) is 108 cm³/mol. The van der Waals surface area contributed by atoms with E-state index in [0.29, 0.717) is 35.6 Å². The van der Waals surface area contributed by atoms with Crippen LogP contribution in [0.15, 0.2) is 57.7 Å². The highest BCUT2D eigenvalue weighted by molar-refractivity contribution is 5.99. The quantitative estimate of drug-likeness (QED) is 0.671. The fourth-order valence-electron chi connectivity index (χ4n) is 3.80. The highest BCUT2D eigenvalue weighted by Gasteiger charge is 2.42. The van der Waals surface area contributed by atoms with Crippen LogP contribution in [0.5, 0.6) is 0 Å². The van der Waals surface area contributed by atoms with Crippen LogP contribution in [0.25, 0.3) is 11.0 Å². The standard InChI is InChI=1S/C23H23NO4/c1-14(2)15-8-10-16(11-9-15)20-19-21(25)17-6-4-5-7-18(17)28-22(19)23(26)24(20)12-13-27-3/h4-11,14,20H,12-13H2,1-3H3/t20-/m0/s1. The van der Waals surface area contributed by atoms with Gasteiger partial charge in [-0.05, 0) is 29.2 Å². The minimum Gasteiger partial charge on any atom is -0.450 e. The third kappa shape index (κ3) is 2.92. The van der Waals surface area contributed by atoms with Crippen molar-refractivity contribution in [1.29, 1.82) is 0 Å². The van der Waals surface area contributed by atoms with Crippen molar-refractivity contribution in [2.24, 2.45) is 0 Å². The molecule has 1 aliphatic rings. The van der Waals surface area contributed by atoms with Gasteiger partial charge >= 0.3 is 0 Å². The Balaban J connectivity index is 1.91. The molecule has 3 aromatic rings. The van der Waals surface area contributed by atoms with E-state index >= 15 is 0 Å². The van der Waals surface area contributed by atoms with E-state index in [9.17, 15) is 9.59 Å². The molecule has 5 heteroatoms. The van der Waals surface area contributed by atoms with E-state index in [2.05, 4.69) is 26.0 Å². The Kier molecular flexibility index (Phi) is 4.77. The summed E-state index contributed by atoms with van der Waals surface area (Å²) in [6.07, 6.45) is 0. The normalized spacial score (nSPS) is 16.2. The van der Waals surface area contributed by atoms with Crippen molar-refractivity contribution < 1.29 is 13.9 Å². The largest absolute Gasteiger partial charge is 0.450 e. The first-order chi connectivity index (χ1) is 13.5. The molecule has 0 saturated heterocycles. The molecule has 28 heavy (non-hydrogen) atoms. The van der Waals surface area contributed by atoms with E-state index in [1.807, 2.05) is 12.1 Å². The zero-order valence-corrected chi connectivity index (χ0v) is 16.3. The number of hydrogen-bond donors (Lipinski definition) is 0. The lowest BCUT2D eigenvalue weighted by Crippen LogP contribution is -2.32. The summed E-state index contributed by atoms with van der Waals surface area (Å²) in [5, 5.41) is 0.492. The van der Waals surface area contributed by atoms with Crippen LogP contribution in [-0.4, -0.2) is 31.1 Å². The van der Waals surface area contributed by atoms with Crippen LogP contribution in [0.2, 0.25) is 0 Å². The average molecular weight is 377 g/mol. The maximum absolute atomic E-state index is 13.3. The van der Waals surface area contributed by atoms with Crippen molar-refractivity contribution in [3.8, 4) is 0 Å². The van der Waals surface area contributed by atoms with Crippen LogP contribution in [0, 0.1) is 0 Å². The Morgan fingerprint density at radius 1 is 1.07 bits per heavy atom. The van der Waals surface area contributed by atoms with Crippen molar-refractivity contribution in [2.75, 3.05) is 20.3 Å². The first-order valence-electron chi connectivity index (χ1n) is 9.48. The van der Waals surface area contributed by atoms with Gasteiger partial charge in [-0.3, -0.25) is 9.59 Å². The van der Waals surface area contributed by atoms with E-state index in [4.69, 9.17) is 9.15 Å². The Morgan fingerprint density at radius 2 is 1.79 bits per heavy atom. The van der Waals surface area contributed by atoms with Gasteiger partial charge in [-0.1, -0.05) is 50.2 Å². The predicted octanol–water partition coefficient (Wildman–Crippen LogP) is 4.11. The lowest BCUT2D eigenvalue weighted by Gasteiger charge is -2.25. The average Bonchev–Trinajstić information content (AvgIpc) is 2.99. The lowest BCUT2D eigenvalue weighted by atomic mass is 9.95. The Labute approximate surface area is 163 Å². The fraction of sp³-hybridized carbons (Fsp3) is 0.304. The Bertz CT molecular complexity index is 1080. The molecule has 0 saturated carbocycles. The molecule has 1 aromatic heterocycles. The van der Waals surface area contributed by atoms with Gasteiger partial charge in [0.05, 0.1) is 23.6 Å². The lowest BCUT2D eigenvalue weighted by molar-refractivity contribution is 0.0663. The van der Waals surface area contributed by atoms with Gasteiger partial charge in [-0.15, -0.1) is 0 Å². The van der Waals surface area contributed by atoms with E-state index in [0.717, 1.165) is 5.56 Å². The number of methoxy groups -OCH3 is 1. The molecule has 4 rings (SSSR count). The number of carbonyl (C=O) groups excluding carboxylic acids is 1. The number of amides is 1. The van der Waals surface area contributed by atoms with Crippen molar-refractivity contribution in [3.05, 3.63) is 81.2 Å². The van der Waals surface area contributed by atoms with Gasteiger partial charge in [-0.2, -0.15) is 0 Å². The van der Waals surface area contributed by atoms with Gasteiger partial charge in [0, 0.05) is 13.7 Å². The molecule has 0 radical (unpaired) electrons. The van der Waals surface area contributed by atoms with Gasteiger partial charge < -0.3 is 14.1 Å². The molecular weight excluding hydrogens is 354 g/mol. The monoisotopic (exact) mass is 377 g/mol. The molecule has 0 N–H and O–H groups in total. The van der Waals surface area contributed by atoms with Gasteiger partial charge in [0.25, 0.3) is 5.91 Å². The van der Waals surface area contributed by atoms with Crippen LogP contribution in [0.3, 0.4) is 0 Å². The zero-order valence-electron chi connectivity index (χ0n) is 16.3. The third-order valence-electron chi connectivity index (χ3n) is 5.33. The van der Waals surface area contributed by atoms with Crippen LogP contribution in [-0.2, 0) is 4.74 Å². The summed E-state index contributed by atoms with van der Waals surface area (Å²) in [6.45, 7) is 5.03. The summed E-state index contributed by atoms with van der Waals surface area (Å²) >= 11 is 0.